The Kier molecular flexibility index (Phi) is 9.74. The van der Waals surface area contributed by atoms with E-state index in [0.29, 0.717) is 22.3 Å². The first-order chi connectivity index (χ1) is 26.4. The van der Waals surface area contributed by atoms with Crippen LogP contribution in [0.5, 0.6) is 0 Å². The van der Waals surface area contributed by atoms with E-state index in [1.807, 2.05) is 60.7 Å². The molecule has 0 spiro atoms. The monoisotopic (exact) mass is 814 g/mol. The Morgan fingerprint density at radius 3 is 1.20 bits per heavy atom. The Morgan fingerprint density at radius 1 is 0.393 bits per heavy atom. The van der Waals surface area contributed by atoms with Gasteiger partial charge in [0.15, 0.2) is 0 Å². The van der Waals surface area contributed by atoms with Crippen molar-refractivity contribution in [3.63, 3.8) is 0 Å². The van der Waals surface area contributed by atoms with Crippen LogP contribution in [0.4, 0.5) is 39.5 Å². The second kappa shape index (κ2) is 14.0. The molecule has 7 aromatic carbocycles. The topological polar surface area (TPSA) is 43.4 Å². The number of benzene rings is 7. The molecule has 0 aromatic heterocycles. The highest BCUT2D eigenvalue weighted by Gasteiger charge is 2.86. The van der Waals surface area contributed by atoms with Crippen molar-refractivity contribution in [2.45, 2.75) is 38.0 Å². The SMILES string of the molecule is O=S(=O)(OS(c1ccccc1)(c1ccc(-c2cccc3ccccc23)cc1)c1ccc(-c2cccc3ccccc23)cc1)C(F)(F)C(F)(F)C(F)(F)C(F)(F)F. The van der Waals surface area contributed by atoms with Gasteiger partial charge in [-0.2, -0.15) is 47.9 Å². The quantitative estimate of drug-likeness (QED) is 0.129. The predicted octanol–water partition coefficient (Wildman–Crippen LogP) is 13.3. The zero-order chi connectivity index (χ0) is 40.1. The van der Waals surface area contributed by atoms with Crippen molar-refractivity contribution in [3.05, 3.63) is 164 Å². The molecule has 0 unspecified atom stereocenters. The van der Waals surface area contributed by atoms with E-state index < -0.39 is 43.7 Å². The van der Waals surface area contributed by atoms with E-state index in [2.05, 4.69) is 0 Å². The molecule has 0 heterocycles. The van der Waals surface area contributed by atoms with Gasteiger partial charge in [0, 0.05) is 14.7 Å². The van der Waals surface area contributed by atoms with Crippen molar-refractivity contribution in [2.75, 3.05) is 0 Å². The smallest absolute Gasteiger partial charge is 0.202 e. The molecule has 7 aromatic rings. The maximum absolute atomic E-state index is 15.5. The highest BCUT2D eigenvalue weighted by molar-refractivity contribution is 8.33. The van der Waals surface area contributed by atoms with Crippen molar-refractivity contribution in [2.24, 2.45) is 0 Å². The van der Waals surface area contributed by atoms with Crippen LogP contribution in [0.25, 0.3) is 43.8 Å². The molecule has 0 bridgehead atoms. The Morgan fingerprint density at radius 2 is 0.768 bits per heavy atom. The van der Waals surface area contributed by atoms with Gasteiger partial charge < -0.3 is 0 Å². The molecule has 7 rings (SSSR count). The Hall–Kier alpha value is -5.31. The van der Waals surface area contributed by atoms with Crippen LogP contribution < -0.4 is 0 Å². The maximum atomic E-state index is 15.5. The van der Waals surface area contributed by atoms with Crippen LogP contribution in [-0.2, 0) is 13.7 Å². The van der Waals surface area contributed by atoms with E-state index >= 15 is 8.78 Å². The highest BCUT2D eigenvalue weighted by atomic mass is 32.3. The predicted molar refractivity (Wildman–Crippen MR) is 198 cm³/mol. The largest absolute Gasteiger partial charge is 0.460 e. The van der Waals surface area contributed by atoms with E-state index in [4.69, 9.17) is 3.63 Å². The Balaban J connectivity index is 1.45. The molecule has 0 N–H and O–H groups in total. The summed E-state index contributed by atoms with van der Waals surface area (Å²) in [4.78, 5) is -0.548. The van der Waals surface area contributed by atoms with Crippen molar-refractivity contribution in [1.82, 2.24) is 0 Å². The summed E-state index contributed by atoms with van der Waals surface area (Å²) in [7, 11) is -11.6. The van der Waals surface area contributed by atoms with E-state index in [1.165, 1.54) is 78.9 Å². The molecule has 0 amide bonds. The molecule has 3 nitrogen and oxygen atoms in total. The summed E-state index contributed by atoms with van der Waals surface area (Å²) >= 11 is 0. The first-order valence-corrected chi connectivity index (χ1v) is 19.6. The third kappa shape index (κ3) is 6.29. The summed E-state index contributed by atoms with van der Waals surface area (Å²) in [5.74, 6) is -15.0. The molecule has 0 aliphatic rings. The third-order valence-corrected chi connectivity index (χ3v) is 14.5. The molecule has 14 heteroatoms. The molecule has 0 aliphatic carbocycles. The summed E-state index contributed by atoms with van der Waals surface area (Å²) in [5.41, 5.74) is 2.54. The highest BCUT2D eigenvalue weighted by Crippen LogP contribution is 2.71. The van der Waals surface area contributed by atoms with Crippen LogP contribution in [0.1, 0.15) is 0 Å². The van der Waals surface area contributed by atoms with Crippen LogP contribution in [0, 0.1) is 0 Å². The summed E-state index contributed by atoms with van der Waals surface area (Å²) in [6.07, 6.45) is -7.26. The first kappa shape index (κ1) is 38.9. The fourth-order valence-corrected chi connectivity index (χ4v) is 11.6. The number of fused-ring (bicyclic) bond motifs is 2. The lowest BCUT2D eigenvalue weighted by Crippen LogP contribution is -2.63. The first-order valence-electron chi connectivity index (χ1n) is 16.6. The Labute approximate surface area is 316 Å². The zero-order valence-corrected chi connectivity index (χ0v) is 30.2. The van der Waals surface area contributed by atoms with Gasteiger partial charge in [-0.25, -0.2) is 3.63 Å². The van der Waals surface area contributed by atoms with Crippen molar-refractivity contribution >= 4 is 42.0 Å². The van der Waals surface area contributed by atoms with Gasteiger partial charge >= 0.3 is 33.4 Å². The fourth-order valence-electron chi connectivity index (χ4n) is 6.44. The molecule has 288 valence electrons. The molecule has 0 fully saturated rings. The average molecular weight is 815 g/mol. The standard InChI is InChI=1S/C42H27F9O3S2/c43-39(44,41(47,48)49)40(45,46)42(50,51)56(52,53)54-55(32-14-2-1-3-15-32,33-24-20-30(21-25-33)37-18-8-12-28-10-4-6-16-35(28)37)34-26-22-31(23-27-34)38-19-9-13-29-11-5-7-17-36(29)38/h1-27H. The Bertz CT molecular complexity index is 2520. The van der Waals surface area contributed by atoms with Crippen LogP contribution in [0.2, 0.25) is 0 Å². The number of hydrogen-bond donors (Lipinski definition) is 0. The average Bonchev–Trinajstić information content (AvgIpc) is 3.19. The van der Waals surface area contributed by atoms with Crippen LogP contribution in [-0.4, -0.2) is 31.7 Å². The molecular formula is C42H27F9O3S2. The van der Waals surface area contributed by atoms with Crippen molar-refractivity contribution in [1.29, 1.82) is 0 Å². The molecule has 0 radical (unpaired) electrons. The minimum atomic E-state index is -7.50. The third-order valence-electron chi connectivity index (χ3n) is 9.27. The van der Waals surface area contributed by atoms with Gasteiger partial charge in [0.1, 0.15) is 0 Å². The van der Waals surface area contributed by atoms with Crippen molar-refractivity contribution < 1.29 is 51.6 Å². The minimum absolute atomic E-state index is 0.180. The second-order valence-electron chi connectivity index (χ2n) is 12.7. The molecule has 0 aliphatic heterocycles. The summed E-state index contributed by atoms with van der Waals surface area (Å²) < 4.78 is 161. The number of rotatable bonds is 10. The zero-order valence-electron chi connectivity index (χ0n) is 28.5. The van der Waals surface area contributed by atoms with Gasteiger partial charge in [-0.05, 0) is 90.5 Å². The van der Waals surface area contributed by atoms with Gasteiger partial charge in [-0.3, -0.25) is 0 Å². The van der Waals surface area contributed by atoms with Gasteiger partial charge in [-0.15, -0.1) is 0 Å². The van der Waals surface area contributed by atoms with Gasteiger partial charge in [0.2, 0.25) is 0 Å². The minimum Gasteiger partial charge on any atom is -0.202 e. The second-order valence-corrected chi connectivity index (χ2v) is 17.1. The van der Waals surface area contributed by atoms with Crippen LogP contribution >= 0.6 is 10.3 Å². The normalized spacial score (nSPS) is 13.6. The van der Waals surface area contributed by atoms with Crippen LogP contribution in [0.15, 0.2) is 178 Å². The van der Waals surface area contributed by atoms with Gasteiger partial charge in [0.05, 0.1) is 0 Å². The van der Waals surface area contributed by atoms with Gasteiger partial charge in [0.25, 0.3) is 0 Å². The summed E-state index contributed by atoms with van der Waals surface area (Å²) in [5, 5.41) is -3.71. The molecular weight excluding hydrogens is 788 g/mol. The van der Waals surface area contributed by atoms with Gasteiger partial charge in [-0.1, -0.05) is 127 Å². The lowest BCUT2D eigenvalue weighted by molar-refractivity contribution is -0.382. The lowest BCUT2D eigenvalue weighted by Gasteiger charge is -2.41. The lowest BCUT2D eigenvalue weighted by atomic mass is 9.98. The maximum Gasteiger partial charge on any atom is 0.460 e. The molecule has 0 atom stereocenters. The van der Waals surface area contributed by atoms with Crippen molar-refractivity contribution in [3.8, 4) is 22.3 Å². The summed E-state index contributed by atoms with van der Waals surface area (Å²) in [6.45, 7) is 0. The number of alkyl halides is 9. The van der Waals surface area contributed by atoms with Crippen LogP contribution in [0.3, 0.4) is 0 Å². The van der Waals surface area contributed by atoms with E-state index in [9.17, 15) is 39.2 Å². The molecule has 0 saturated carbocycles. The summed E-state index contributed by atoms with van der Waals surface area (Å²) in [6, 6.07) is 43.6. The molecule has 56 heavy (non-hydrogen) atoms. The van der Waals surface area contributed by atoms with E-state index in [-0.39, 0.29) is 14.7 Å². The number of hydrogen-bond acceptors (Lipinski definition) is 3. The van der Waals surface area contributed by atoms with E-state index in [1.54, 1.807) is 24.3 Å². The van der Waals surface area contributed by atoms with E-state index in [0.717, 1.165) is 21.5 Å². The molecule has 0 saturated heterocycles. The number of halogens is 9. The fraction of sp³-hybridized carbons (Fsp3) is 0.0952.